The highest BCUT2D eigenvalue weighted by Gasteiger charge is 2.17. The van der Waals surface area contributed by atoms with Gasteiger partial charge in [0.1, 0.15) is 34.2 Å². The number of carbonyl (C=O) groups excluding carboxylic acids is 1. The van der Waals surface area contributed by atoms with E-state index in [-0.39, 0.29) is 11.7 Å². The SMILES string of the molecule is COc1cc(OC)c(/C=C/[S+]([O-])Cc2ccc(OC)c(NC(=O)c3ccc(N4CCN(C)CC4)cc3)c2)c(OC)c1. The molecule has 1 atom stereocenters. The predicted octanol–water partition coefficient (Wildman–Crippen LogP) is 4.64. The topological polar surface area (TPSA) is 95.6 Å². The van der Waals surface area contributed by atoms with Crippen LogP contribution in [0.1, 0.15) is 21.5 Å². The second-order valence-corrected chi connectivity index (χ2v) is 10.9. The van der Waals surface area contributed by atoms with Crippen LogP contribution in [0.3, 0.4) is 0 Å². The maximum absolute atomic E-state index is 13.1. The Morgan fingerprint density at radius 2 is 1.51 bits per heavy atom. The first-order valence-electron chi connectivity index (χ1n) is 13.2. The van der Waals surface area contributed by atoms with Gasteiger partial charge in [0.2, 0.25) is 0 Å². The molecular formula is C31H37N3O6S. The first kappa shape index (κ1) is 30.1. The standard InChI is InChI=1S/C31H37N3O6S/c1-33-13-15-34(16-14-33)24-9-7-23(8-10-24)31(35)32-27-18-22(6-11-28(27)38-3)21-41(36)17-12-26-29(39-4)19-25(37-2)20-30(26)40-5/h6-12,17-20H,13-16,21H2,1-5H3,(H,32,35)/b17-12+. The first-order valence-corrected chi connectivity index (χ1v) is 14.6. The Balaban J connectivity index is 1.44. The number of nitrogens with one attached hydrogen (secondary N) is 1. The number of ether oxygens (including phenoxy) is 4. The zero-order valence-electron chi connectivity index (χ0n) is 24.1. The molecule has 1 aliphatic heterocycles. The summed E-state index contributed by atoms with van der Waals surface area (Å²) in [6, 6.07) is 16.5. The third-order valence-electron chi connectivity index (χ3n) is 6.96. The van der Waals surface area contributed by atoms with Gasteiger partial charge in [0.15, 0.2) is 0 Å². The van der Waals surface area contributed by atoms with Gasteiger partial charge in [-0.05, 0) is 54.6 Å². The van der Waals surface area contributed by atoms with Crippen LogP contribution in [-0.4, -0.2) is 77.0 Å². The average Bonchev–Trinajstić information content (AvgIpc) is 3.00. The quantitative estimate of drug-likeness (QED) is 0.328. The minimum Gasteiger partial charge on any atom is -0.612 e. The molecule has 3 aromatic carbocycles. The molecule has 218 valence electrons. The number of anilines is 2. The lowest BCUT2D eigenvalue weighted by Crippen LogP contribution is -2.44. The highest BCUT2D eigenvalue weighted by molar-refractivity contribution is 7.93. The second-order valence-electron chi connectivity index (χ2n) is 9.60. The summed E-state index contributed by atoms with van der Waals surface area (Å²) in [5, 5.41) is 4.54. The lowest BCUT2D eigenvalue weighted by Gasteiger charge is -2.34. The van der Waals surface area contributed by atoms with Gasteiger partial charge in [0.05, 0.1) is 39.7 Å². The number of rotatable bonds is 11. The number of hydrogen-bond donors (Lipinski definition) is 1. The summed E-state index contributed by atoms with van der Waals surface area (Å²) in [6.45, 7) is 3.96. The number of likely N-dealkylation sites (N-methyl/N-ethyl adjacent to an activating group) is 1. The van der Waals surface area contributed by atoms with Gasteiger partial charge >= 0.3 is 0 Å². The lowest BCUT2D eigenvalue weighted by molar-refractivity contribution is 0.102. The molecular weight excluding hydrogens is 542 g/mol. The summed E-state index contributed by atoms with van der Waals surface area (Å²) in [6.07, 6.45) is 1.71. The molecule has 0 bridgehead atoms. The molecule has 41 heavy (non-hydrogen) atoms. The summed E-state index contributed by atoms with van der Waals surface area (Å²) in [5.74, 6) is 2.19. The molecule has 1 saturated heterocycles. The van der Waals surface area contributed by atoms with Crippen LogP contribution in [0.2, 0.25) is 0 Å². The van der Waals surface area contributed by atoms with E-state index < -0.39 is 11.2 Å². The maximum Gasteiger partial charge on any atom is 0.255 e. The molecule has 1 aliphatic rings. The largest absolute Gasteiger partial charge is 0.612 e. The van der Waals surface area contributed by atoms with E-state index in [2.05, 4.69) is 22.2 Å². The monoisotopic (exact) mass is 579 g/mol. The molecule has 0 spiro atoms. The van der Waals surface area contributed by atoms with Crippen molar-refractivity contribution in [2.24, 2.45) is 0 Å². The van der Waals surface area contributed by atoms with E-state index in [0.717, 1.165) is 37.4 Å². The van der Waals surface area contributed by atoms with Crippen LogP contribution in [0.25, 0.3) is 6.08 Å². The molecule has 9 nitrogen and oxygen atoms in total. The van der Waals surface area contributed by atoms with E-state index in [1.807, 2.05) is 30.3 Å². The van der Waals surface area contributed by atoms with Crippen molar-refractivity contribution >= 4 is 34.5 Å². The van der Waals surface area contributed by atoms with E-state index in [9.17, 15) is 9.35 Å². The molecule has 0 saturated carbocycles. The van der Waals surface area contributed by atoms with Gasteiger partial charge in [-0.3, -0.25) is 4.79 Å². The zero-order chi connectivity index (χ0) is 29.4. The Hall–Kier alpha value is -3.86. The second kappa shape index (κ2) is 14.2. The minimum atomic E-state index is -1.36. The highest BCUT2D eigenvalue weighted by Crippen LogP contribution is 2.35. The summed E-state index contributed by atoms with van der Waals surface area (Å²) < 4.78 is 34.7. The van der Waals surface area contributed by atoms with E-state index in [0.29, 0.717) is 39.8 Å². The Morgan fingerprint density at radius 3 is 2.10 bits per heavy atom. The van der Waals surface area contributed by atoms with Gasteiger partial charge in [-0.15, -0.1) is 0 Å². The van der Waals surface area contributed by atoms with Crippen LogP contribution in [0, 0.1) is 0 Å². The summed E-state index contributed by atoms with van der Waals surface area (Å²) in [5.41, 5.74) is 3.60. The predicted molar refractivity (Wildman–Crippen MR) is 164 cm³/mol. The van der Waals surface area contributed by atoms with Gasteiger partial charge in [-0.25, -0.2) is 0 Å². The van der Waals surface area contributed by atoms with Crippen molar-refractivity contribution in [3.05, 3.63) is 76.7 Å². The van der Waals surface area contributed by atoms with Gasteiger partial charge in [-0.2, -0.15) is 0 Å². The fraction of sp³-hybridized carbons (Fsp3) is 0.323. The summed E-state index contributed by atoms with van der Waals surface area (Å²) in [4.78, 5) is 17.7. The van der Waals surface area contributed by atoms with Crippen molar-refractivity contribution < 1.29 is 28.3 Å². The van der Waals surface area contributed by atoms with Crippen molar-refractivity contribution in [1.29, 1.82) is 0 Å². The van der Waals surface area contributed by atoms with Crippen molar-refractivity contribution in [3.8, 4) is 23.0 Å². The van der Waals surface area contributed by atoms with E-state index in [1.165, 1.54) is 0 Å². The van der Waals surface area contributed by atoms with Gasteiger partial charge < -0.3 is 38.6 Å². The van der Waals surface area contributed by atoms with Gasteiger partial charge in [0.25, 0.3) is 5.91 Å². The highest BCUT2D eigenvalue weighted by atomic mass is 32.2. The number of carbonyl (C=O) groups is 1. The molecule has 1 amide bonds. The number of benzene rings is 3. The lowest BCUT2D eigenvalue weighted by atomic mass is 10.1. The van der Waals surface area contributed by atoms with Crippen LogP contribution in [0.4, 0.5) is 11.4 Å². The molecule has 1 fully saturated rings. The molecule has 4 rings (SSSR count). The van der Waals surface area contributed by atoms with Crippen LogP contribution in [0.15, 0.2) is 60.0 Å². The molecule has 0 aliphatic carbocycles. The fourth-order valence-corrected chi connectivity index (χ4v) is 5.47. The Morgan fingerprint density at radius 1 is 0.878 bits per heavy atom. The van der Waals surface area contributed by atoms with Crippen molar-refractivity contribution in [3.63, 3.8) is 0 Å². The number of hydrogen-bond acceptors (Lipinski definition) is 8. The third kappa shape index (κ3) is 7.66. The maximum atomic E-state index is 13.1. The smallest absolute Gasteiger partial charge is 0.255 e. The number of piperazine rings is 1. The number of amides is 1. The van der Waals surface area contributed by atoms with Crippen LogP contribution < -0.4 is 29.2 Å². The van der Waals surface area contributed by atoms with Crippen LogP contribution in [0.5, 0.6) is 23.0 Å². The van der Waals surface area contributed by atoms with E-state index in [4.69, 9.17) is 18.9 Å². The van der Waals surface area contributed by atoms with Gasteiger partial charge in [0, 0.05) is 61.2 Å². The molecule has 1 N–H and O–H groups in total. The number of nitrogens with zero attached hydrogens (tertiary/aromatic N) is 2. The van der Waals surface area contributed by atoms with Crippen LogP contribution >= 0.6 is 0 Å². The average molecular weight is 580 g/mol. The minimum absolute atomic E-state index is 0.240. The summed E-state index contributed by atoms with van der Waals surface area (Å²) >= 11 is -1.36. The zero-order valence-corrected chi connectivity index (χ0v) is 25.0. The van der Waals surface area contributed by atoms with Crippen molar-refractivity contribution in [1.82, 2.24) is 4.90 Å². The summed E-state index contributed by atoms with van der Waals surface area (Å²) in [7, 11) is 8.34. The number of methoxy groups -OCH3 is 4. The third-order valence-corrected chi connectivity index (χ3v) is 8.02. The molecule has 3 aromatic rings. The Bertz CT molecular complexity index is 1330. The Kier molecular flexibility index (Phi) is 10.4. The molecule has 1 unspecified atom stereocenters. The first-order chi connectivity index (χ1) is 19.8. The molecule has 10 heteroatoms. The van der Waals surface area contributed by atoms with E-state index >= 15 is 0 Å². The molecule has 0 radical (unpaired) electrons. The molecule has 0 aromatic heterocycles. The van der Waals surface area contributed by atoms with E-state index in [1.54, 1.807) is 64.2 Å². The van der Waals surface area contributed by atoms with Crippen molar-refractivity contribution in [2.75, 3.05) is 71.9 Å². The fourth-order valence-electron chi connectivity index (χ4n) is 4.58. The molecule has 1 heterocycles. The van der Waals surface area contributed by atoms with Gasteiger partial charge in [-0.1, -0.05) is 6.07 Å². The normalized spacial score (nSPS) is 14.5. The Labute approximate surface area is 244 Å². The van der Waals surface area contributed by atoms with Crippen molar-refractivity contribution in [2.45, 2.75) is 5.75 Å². The van der Waals surface area contributed by atoms with Crippen LogP contribution in [-0.2, 0) is 16.9 Å².